The lowest BCUT2D eigenvalue weighted by atomic mass is 9.74. The van der Waals surface area contributed by atoms with Crippen LogP contribution in [0.3, 0.4) is 0 Å². The maximum Gasteiger partial charge on any atom is 0.422 e. The Hall–Kier alpha value is -0.470. The number of benzene rings is 1. The molecule has 0 aromatic heterocycles. The van der Waals surface area contributed by atoms with E-state index in [0.29, 0.717) is 12.8 Å². The molecule has 0 nitrogen and oxygen atoms in total. The van der Waals surface area contributed by atoms with E-state index < -0.39 is 40.5 Å². The summed E-state index contributed by atoms with van der Waals surface area (Å²) in [5.74, 6) is -2.57. The molecule has 1 aromatic carbocycles. The first-order chi connectivity index (χ1) is 11.7. The van der Waals surface area contributed by atoms with E-state index in [1.54, 1.807) is 40.8 Å². The fourth-order valence-electron chi connectivity index (χ4n) is 3.67. The van der Waals surface area contributed by atoms with E-state index in [0.717, 1.165) is 6.42 Å². The van der Waals surface area contributed by atoms with Crippen LogP contribution in [0.4, 0.5) is 26.3 Å². The average Bonchev–Trinajstić information content (AvgIpc) is 2.55. The summed E-state index contributed by atoms with van der Waals surface area (Å²) < 4.78 is 81.8. The van der Waals surface area contributed by atoms with E-state index in [4.69, 9.17) is 0 Å². The van der Waals surface area contributed by atoms with Crippen molar-refractivity contribution in [1.82, 2.24) is 0 Å². The summed E-state index contributed by atoms with van der Waals surface area (Å²) in [6.07, 6.45) is -6.64. The Bertz CT molecular complexity index is 526. The van der Waals surface area contributed by atoms with Crippen LogP contribution in [-0.2, 0) is 0 Å². The largest absolute Gasteiger partial charge is 0.422 e. The normalized spacial score (nSPS) is 21.8. The molecule has 1 saturated carbocycles. The van der Waals surface area contributed by atoms with Gasteiger partial charge in [0.1, 0.15) is 0 Å². The molecule has 25 heavy (non-hydrogen) atoms. The van der Waals surface area contributed by atoms with Crippen LogP contribution in [0.25, 0.3) is 0 Å². The molecule has 3 atom stereocenters. The SMILES string of the molecule is FC(F)C(c1ccccc1)C(I)CC(F)(C1CCCCC1)C(F)(F)F. The zero-order chi connectivity index (χ0) is 18.7. The molecule has 1 aliphatic carbocycles. The molecule has 0 radical (unpaired) electrons. The maximum absolute atomic E-state index is 15.2. The summed E-state index contributed by atoms with van der Waals surface area (Å²) in [4.78, 5) is 0. The van der Waals surface area contributed by atoms with Crippen molar-refractivity contribution in [2.24, 2.45) is 5.92 Å². The lowest BCUT2D eigenvalue weighted by Crippen LogP contribution is -2.50. The molecule has 1 aliphatic rings. The molecule has 0 heterocycles. The van der Waals surface area contributed by atoms with E-state index in [1.807, 2.05) is 0 Å². The molecule has 0 N–H and O–H groups in total. The van der Waals surface area contributed by atoms with Gasteiger partial charge in [0.15, 0.2) is 0 Å². The van der Waals surface area contributed by atoms with Crippen molar-refractivity contribution in [2.75, 3.05) is 0 Å². The topological polar surface area (TPSA) is 0 Å². The molecule has 1 fully saturated rings. The third-order valence-corrected chi connectivity index (χ3v) is 6.28. The van der Waals surface area contributed by atoms with Crippen molar-refractivity contribution in [2.45, 2.75) is 66.6 Å². The van der Waals surface area contributed by atoms with Crippen LogP contribution in [0.5, 0.6) is 0 Å². The lowest BCUT2D eigenvalue weighted by molar-refractivity contribution is -0.254. The summed E-state index contributed by atoms with van der Waals surface area (Å²) in [6, 6.07) is 7.67. The minimum Gasteiger partial charge on any atom is -0.234 e. The van der Waals surface area contributed by atoms with Gasteiger partial charge in [-0.3, -0.25) is 0 Å². The van der Waals surface area contributed by atoms with Crippen LogP contribution in [0, 0.1) is 5.92 Å². The number of halogens is 7. The molecule has 7 heteroatoms. The zero-order valence-electron chi connectivity index (χ0n) is 13.6. The molecule has 2 rings (SSSR count). The quantitative estimate of drug-likeness (QED) is 0.233. The van der Waals surface area contributed by atoms with Gasteiger partial charge in [-0.05, 0) is 18.4 Å². The third kappa shape index (κ3) is 4.83. The molecule has 3 unspecified atom stereocenters. The van der Waals surface area contributed by atoms with E-state index in [1.165, 1.54) is 12.1 Å². The van der Waals surface area contributed by atoms with Gasteiger partial charge in [-0.1, -0.05) is 72.2 Å². The highest BCUT2D eigenvalue weighted by molar-refractivity contribution is 14.1. The van der Waals surface area contributed by atoms with Crippen LogP contribution >= 0.6 is 22.6 Å². The van der Waals surface area contributed by atoms with Gasteiger partial charge in [0, 0.05) is 16.3 Å². The van der Waals surface area contributed by atoms with Crippen molar-refractivity contribution in [3.63, 3.8) is 0 Å². The van der Waals surface area contributed by atoms with Gasteiger partial charge in [-0.15, -0.1) is 0 Å². The van der Waals surface area contributed by atoms with Crippen LogP contribution in [0.2, 0.25) is 0 Å². The number of hydrogen-bond acceptors (Lipinski definition) is 0. The predicted octanol–water partition coefficient (Wildman–Crippen LogP) is 7.08. The monoisotopic (exact) mass is 478 g/mol. The van der Waals surface area contributed by atoms with Crippen LogP contribution < -0.4 is 0 Å². The van der Waals surface area contributed by atoms with Gasteiger partial charge < -0.3 is 0 Å². The Labute approximate surface area is 157 Å². The minimum absolute atomic E-state index is 0.157. The fourth-order valence-corrected chi connectivity index (χ4v) is 5.04. The van der Waals surface area contributed by atoms with Crippen LogP contribution in [-0.4, -0.2) is 22.2 Å². The van der Waals surface area contributed by atoms with Crippen molar-refractivity contribution >= 4 is 22.6 Å². The Balaban J connectivity index is 2.27. The summed E-state index contributed by atoms with van der Waals surface area (Å²) in [6.45, 7) is 0. The average molecular weight is 478 g/mol. The van der Waals surface area contributed by atoms with Gasteiger partial charge >= 0.3 is 6.18 Å². The van der Waals surface area contributed by atoms with Gasteiger partial charge in [0.2, 0.25) is 12.1 Å². The van der Waals surface area contributed by atoms with Gasteiger partial charge in [-0.25, -0.2) is 13.2 Å². The molecule has 1 aromatic rings. The Morgan fingerprint density at radius 2 is 1.52 bits per heavy atom. The summed E-state index contributed by atoms with van der Waals surface area (Å²) in [5.41, 5.74) is -3.17. The van der Waals surface area contributed by atoms with Crippen LogP contribution in [0.15, 0.2) is 30.3 Å². The van der Waals surface area contributed by atoms with Crippen molar-refractivity contribution < 1.29 is 26.3 Å². The first-order valence-corrected chi connectivity index (χ1v) is 9.64. The van der Waals surface area contributed by atoms with E-state index in [-0.39, 0.29) is 18.4 Å². The Morgan fingerprint density at radius 1 is 0.960 bits per heavy atom. The van der Waals surface area contributed by atoms with E-state index >= 15 is 4.39 Å². The predicted molar refractivity (Wildman–Crippen MR) is 94.1 cm³/mol. The second kappa shape index (κ2) is 8.48. The Morgan fingerprint density at radius 3 is 2.00 bits per heavy atom. The molecule has 0 amide bonds. The summed E-state index contributed by atoms with van der Waals surface area (Å²) in [5, 5.41) is 0. The number of rotatable bonds is 6. The summed E-state index contributed by atoms with van der Waals surface area (Å²) in [7, 11) is 0. The van der Waals surface area contributed by atoms with E-state index in [2.05, 4.69) is 0 Å². The van der Waals surface area contributed by atoms with Gasteiger partial charge in [0.25, 0.3) is 0 Å². The smallest absolute Gasteiger partial charge is 0.234 e. The standard InChI is InChI=1S/C18H21F6I/c19-16(20)15(12-7-3-1-4-8-12)14(25)11-17(21,18(22,23)24)13-9-5-2-6-10-13/h1,3-4,7-8,13-16H,2,5-6,9-11H2. The van der Waals surface area contributed by atoms with Crippen LogP contribution in [0.1, 0.15) is 50.0 Å². The molecule has 0 spiro atoms. The highest BCUT2D eigenvalue weighted by Gasteiger charge is 2.61. The Kier molecular flexibility index (Phi) is 7.07. The van der Waals surface area contributed by atoms with Crippen molar-refractivity contribution in [1.29, 1.82) is 0 Å². The minimum atomic E-state index is -5.05. The number of hydrogen-bond donors (Lipinski definition) is 0. The molecule has 0 saturated heterocycles. The number of alkyl halides is 7. The van der Waals surface area contributed by atoms with E-state index in [9.17, 15) is 22.0 Å². The third-order valence-electron chi connectivity index (χ3n) is 5.06. The molecule has 0 aliphatic heterocycles. The first kappa shape index (κ1) is 20.8. The second-order valence-electron chi connectivity index (χ2n) is 6.69. The van der Waals surface area contributed by atoms with Gasteiger partial charge in [-0.2, -0.15) is 13.2 Å². The zero-order valence-corrected chi connectivity index (χ0v) is 15.7. The van der Waals surface area contributed by atoms with Crippen molar-refractivity contribution in [3.05, 3.63) is 35.9 Å². The summed E-state index contributed by atoms with van der Waals surface area (Å²) >= 11 is 1.56. The molecular weight excluding hydrogens is 457 g/mol. The molecule has 142 valence electrons. The highest BCUT2D eigenvalue weighted by atomic mass is 127. The molecule has 0 bridgehead atoms. The van der Waals surface area contributed by atoms with Crippen molar-refractivity contribution in [3.8, 4) is 0 Å². The fraction of sp³-hybridized carbons (Fsp3) is 0.667. The van der Waals surface area contributed by atoms with Gasteiger partial charge in [0.05, 0.1) is 5.92 Å². The second-order valence-corrected chi connectivity index (χ2v) is 8.29. The lowest BCUT2D eigenvalue weighted by Gasteiger charge is -2.40. The highest BCUT2D eigenvalue weighted by Crippen LogP contribution is 2.51. The maximum atomic E-state index is 15.2. The first-order valence-electron chi connectivity index (χ1n) is 8.39. The molecular formula is C18H21F6I.